The maximum Gasteiger partial charge on any atom is 0.441 e. The molecule has 21 heavy (non-hydrogen) atoms. The van der Waals surface area contributed by atoms with Crippen molar-refractivity contribution in [3.63, 3.8) is 0 Å². The summed E-state index contributed by atoms with van der Waals surface area (Å²) >= 11 is 0. The number of hydrogen-bond acceptors (Lipinski definition) is 6. The van der Waals surface area contributed by atoms with E-state index in [0.717, 1.165) is 5.82 Å². The van der Waals surface area contributed by atoms with Crippen LogP contribution in [0.15, 0.2) is 9.32 Å². The van der Waals surface area contributed by atoms with Crippen molar-refractivity contribution >= 4 is 0 Å². The molecule has 0 aliphatic heterocycles. The third kappa shape index (κ3) is 4.24. The van der Waals surface area contributed by atoms with Crippen LogP contribution in [0.3, 0.4) is 0 Å². The summed E-state index contributed by atoms with van der Waals surface area (Å²) in [5.74, 6) is 1.17. The van der Waals surface area contributed by atoms with Gasteiger partial charge in [0.2, 0.25) is 0 Å². The van der Waals surface area contributed by atoms with E-state index in [2.05, 4.69) is 46.0 Å². The molecule has 0 bridgehead atoms. The minimum absolute atomic E-state index is 0.0399. The standard InChI is InChI=1S/C7H12N2O2.C6H12N4/c1-7(2,3)5-8-11-6(10)9(5)4;1-6(2,3)5-7-8-9-10(5)4/h1-4H3;1-4H3. The van der Waals surface area contributed by atoms with E-state index >= 15 is 0 Å². The highest BCUT2D eigenvalue weighted by Gasteiger charge is 2.21. The summed E-state index contributed by atoms with van der Waals surface area (Å²) in [5.41, 5.74) is -0.0981. The van der Waals surface area contributed by atoms with Crippen LogP contribution in [0.2, 0.25) is 0 Å². The second-order valence-corrected chi connectivity index (χ2v) is 6.96. The van der Waals surface area contributed by atoms with E-state index in [1.807, 2.05) is 27.8 Å². The monoisotopic (exact) mass is 296 g/mol. The molecular weight excluding hydrogens is 272 g/mol. The fraction of sp³-hybridized carbons (Fsp3) is 0.769. The molecule has 8 heteroatoms. The van der Waals surface area contributed by atoms with Crippen LogP contribution >= 0.6 is 0 Å². The Morgan fingerprint density at radius 1 is 0.952 bits per heavy atom. The summed E-state index contributed by atoms with van der Waals surface area (Å²) < 4.78 is 7.59. The van der Waals surface area contributed by atoms with Gasteiger partial charge in [0.15, 0.2) is 11.6 Å². The van der Waals surface area contributed by atoms with Gasteiger partial charge in [-0.25, -0.2) is 9.48 Å². The second kappa shape index (κ2) is 5.79. The van der Waals surface area contributed by atoms with Gasteiger partial charge < -0.3 is 0 Å². The first-order chi connectivity index (χ1) is 9.44. The molecule has 0 aromatic carbocycles. The number of nitrogens with zero attached hydrogens (tertiary/aromatic N) is 6. The van der Waals surface area contributed by atoms with E-state index in [9.17, 15) is 4.79 Å². The van der Waals surface area contributed by atoms with Crippen LogP contribution in [-0.2, 0) is 24.9 Å². The number of hydrogen-bond donors (Lipinski definition) is 0. The third-order valence-electron chi connectivity index (χ3n) is 2.76. The quantitative estimate of drug-likeness (QED) is 0.725. The zero-order valence-corrected chi connectivity index (χ0v) is 14.0. The first-order valence-electron chi connectivity index (χ1n) is 6.70. The molecule has 0 amide bonds. The van der Waals surface area contributed by atoms with Gasteiger partial charge in [-0.3, -0.25) is 9.09 Å². The highest BCUT2D eigenvalue weighted by atomic mass is 16.5. The molecule has 2 rings (SSSR count). The molecule has 0 saturated carbocycles. The Kier molecular flexibility index (Phi) is 4.70. The van der Waals surface area contributed by atoms with Crippen molar-refractivity contribution in [3.05, 3.63) is 22.2 Å². The number of rotatable bonds is 0. The Morgan fingerprint density at radius 2 is 1.48 bits per heavy atom. The molecule has 0 radical (unpaired) electrons. The molecule has 0 aliphatic carbocycles. The van der Waals surface area contributed by atoms with Crippen LogP contribution in [0.1, 0.15) is 53.2 Å². The number of aromatic nitrogens is 6. The maximum atomic E-state index is 10.8. The van der Waals surface area contributed by atoms with E-state index < -0.39 is 5.76 Å². The molecule has 0 spiro atoms. The summed E-state index contributed by atoms with van der Waals surface area (Å²) in [6.45, 7) is 12.2. The predicted molar refractivity (Wildman–Crippen MR) is 77.9 cm³/mol. The molecule has 2 aromatic rings. The minimum Gasteiger partial charge on any atom is -0.296 e. The molecule has 0 aliphatic rings. The van der Waals surface area contributed by atoms with Crippen molar-refractivity contribution < 1.29 is 4.52 Å². The van der Waals surface area contributed by atoms with Gasteiger partial charge in [-0.05, 0) is 10.4 Å². The molecule has 118 valence electrons. The van der Waals surface area contributed by atoms with Crippen molar-refractivity contribution in [3.8, 4) is 0 Å². The van der Waals surface area contributed by atoms with E-state index in [0.29, 0.717) is 5.82 Å². The van der Waals surface area contributed by atoms with E-state index in [1.165, 1.54) is 4.57 Å². The first-order valence-corrected chi connectivity index (χ1v) is 6.70. The zero-order chi connectivity index (χ0) is 16.4. The summed E-state index contributed by atoms with van der Waals surface area (Å²) in [4.78, 5) is 10.8. The summed E-state index contributed by atoms with van der Waals surface area (Å²) in [6, 6.07) is 0. The Labute approximate surface area is 124 Å². The maximum absolute atomic E-state index is 10.8. The Hall–Kier alpha value is -1.99. The Balaban J connectivity index is 0.000000211. The SMILES string of the molecule is Cn1c(C(C)(C)C)noc1=O.Cn1nnnc1C(C)(C)C. The highest BCUT2D eigenvalue weighted by molar-refractivity contribution is 4.99. The van der Waals surface area contributed by atoms with Crippen molar-refractivity contribution in [1.82, 2.24) is 29.9 Å². The van der Waals surface area contributed by atoms with Gasteiger partial charge in [-0.15, -0.1) is 5.10 Å². The topological polar surface area (TPSA) is 91.6 Å². The normalized spacial score (nSPS) is 12.0. The van der Waals surface area contributed by atoms with Crippen molar-refractivity contribution in [2.45, 2.75) is 52.4 Å². The van der Waals surface area contributed by atoms with Crippen LogP contribution in [0.25, 0.3) is 0 Å². The lowest BCUT2D eigenvalue weighted by atomic mass is 9.96. The third-order valence-corrected chi connectivity index (χ3v) is 2.76. The van der Waals surface area contributed by atoms with Crippen LogP contribution in [0.5, 0.6) is 0 Å². The lowest BCUT2D eigenvalue weighted by Gasteiger charge is -2.14. The van der Waals surface area contributed by atoms with Crippen LogP contribution in [0, 0.1) is 0 Å². The molecular formula is C13H24N6O2. The van der Waals surface area contributed by atoms with Crippen LogP contribution < -0.4 is 5.76 Å². The summed E-state index contributed by atoms with van der Waals surface area (Å²) in [5, 5.41) is 14.8. The summed E-state index contributed by atoms with van der Waals surface area (Å²) in [6.07, 6.45) is 0. The number of aryl methyl sites for hydroxylation is 1. The molecule has 0 atom stereocenters. The first kappa shape index (κ1) is 17.1. The molecule has 2 heterocycles. The fourth-order valence-electron chi connectivity index (χ4n) is 1.80. The molecule has 8 nitrogen and oxygen atoms in total. The average molecular weight is 296 g/mol. The van der Waals surface area contributed by atoms with Gasteiger partial charge in [0.1, 0.15) is 0 Å². The lowest BCUT2D eigenvalue weighted by molar-refractivity contribution is 0.367. The molecule has 2 aromatic heterocycles. The summed E-state index contributed by atoms with van der Waals surface area (Å²) in [7, 11) is 3.50. The van der Waals surface area contributed by atoms with Gasteiger partial charge in [-0.2, -0.15) is 0 Å². The Morgan fingerprint density at radius 3 is 1.67 bits per heavy atom. The number of tetrazole rings is 1. The minimum atomic E-state index is -0.407. The van der Waals surface area contributed by atoms with E-state index in [-0.39, 0.29) is 10.8 Å². The van der Waals surface area contributed by atoms with E-state index in [4.69, 9.17) is 0 Å². The smallest absolute Gasteiger partial charge is 0.296 e. The second-order valence-electron chi connectivity index (χ2n) is 6.96. The van der Waals surface area contributed by atoms with E-state index in [1.54, 1.807) is 11.7 Å². The predicted octanol–water partition coefficient (Wildman–Crippen LogP) is 1.18. The largest absolute Gasteiger partial charge is 0.441 e. The van der Waals surface area contributed by atoms with Crippen molar-refractivity contribution in [2.75, 3.05) is 0 Å². The molecule has 0 fully saturated rings. The van der Waals surface area contributed by atoms with Crippen LogP contribution in [-0.4, -0.2) is 29.9 Å². The molecule has 0 unspecified atom stereocenters. The van der Waals surface area contributed by atoms with Gasteiger partial charge in [0.25, 0.3) is 0 Å². The van der Waals surface area contributed by atoms with Crippen LogP contribution in [0.4, 0.5) is 0 Å². The zero-order valence-electron chi connectivity index (χ0n) is 14.0. The van der Waals surface area contributed by atoms with Gasteiger partial charge in [0.05, 0.1) is 0 Å². The highest BCUT2D eigenvalue weighted by Crippen LogP contribution is 2.17. The van der Waals surface area contributed by atoms with Gasteiger partial charge >= 0.3 is 5.76 Å². The van der Waals surface area contributed by atoms with Crippen molar-refractivity contribution in [1.29, 1.82) is 0 Å². The Bertz CT molecular complexity index is 639. The van der Waals surface area contributed by atoms with Gasteiger partial charge in [-0.1, -0.05) is 46.7 Å². The lowest BCUT2D eigenvalue weighted by Crippen LogP contribution is -2.21. The molecule has 0 saturated heterocycles. The van der Waals surface area contributed by atoms with Gasteiger partial charge in [0, 0.05) is 24.9 Å². The fourth-order valence-corrected chi connectivity index (χ4v) is 1.80. The average Bonchev–Trinajstić information content (AvgIpc) is 2.86. The van der Waals surface area contributed by atoms with Crippen molar-refractivity contribution in [2.24, 2.45) is 14.1 Å². The molecule has 0 N–H and O–H groups in total.